The SMILES string of the molecule is CCNC(c1ccco1)c1ccnn1CC. The second-order valence-electron chi connectivity index (χ2n) is 3.58. The summed E-state index contributed by atoms with van der Waals surface area (Å²) in [5.74, 6) is 0.928. The number of hydrogen-bond donors (Lipinski definition) is 1. The second kappa shape index (κ2) is 4.99. The smallest absolute Gasteiger partial charge is 0.126 e. The molecule has 86 valence electrons. The molecular formula is C12H17N3O. The molecule has 0 aliphatic heterocycles. The van der Waals surface area contributed by atoms with E-state index in [1.165, 1.54) is 0 Å². The van der Waals surface area contributed by atoms with Crippen molar-refractivity contribution in [3.63, 3.8) is 0 Å². The molecule has 1 N–H and O–H groups in total. The molecular weight excluding hydrogens is 202 g/mol. The standard InChI is InChI=1S/C12H17N3O/c1-3-13-12(11-6-5-9-16-11)10-7-8-14-15(10)4-2/h5-9,12-13H,3-4H2,1-2H3. The molecule has 0 aliphatic rings. The van der Waals surface area contributed by atoms with Gasteiger partial charge in [-0.15, -0.1) is 0 Å². The third kappa shape index (κ3) is 2.02. The van der Waals surface area contributed by atoms with Gasteiger partial charge >= 0.3 is 0 Å². The molecule has 0 radical (unpaired) electrons. The molecule has 0 saturated heterocycles. The minimum atomic E-state index is 0.0856. The summed E-state index contributed by atoms with van der Waals surface area (Å²) < 4.78 is 7.45. The lowest BCUT2D eigenvalue weighted by atomic mass is 10.1. The van der Waals surface area contributed by atoms with Crippen LogP contribution in [0.4, 0.5) is 0 Å². The highest BCUT2D eigenvalue weighted by Crippen LogP contribution is 2.21. The molecule has 0 aromatic carbocycles. The average molecular weight is 219 g/mol. The highest BCUT2D eigenvalue weighted by molar-refractivity contribution is 5.19. The van der Waals surface area contributed by atoms with Crippen LogP contribution in [-0.4, -0.2) is 16.3 Å². The Kier molecular flexibility index (Phi) is 3.41. The number of nitrogens with one attached hydrogen (secondary N) is 1. The van der Waals surface area contributed by atoms with Gasteiger partial charge < -0.3 is 9.73 Å². The van der Waals surface area contributed by atoms with Crippen molar-refractivity contribution >= 4 is 0 Å². The van der Waals surface area contributed by atoms with E-state index in [0.29, 0.717) is 0 Å². The van der Waals surface area contributed by atoms with Gasteiger partial charge in [-0.3, -0.25) is 4.68 Å². The maximum absolute atomic E-state index is 5.47. The molecule has 4 nitrogen and oxygen atoms in total. The van der Waals surface area contributed by atoms with Crippen molar-refractivity contribution in [2.24, 2.45) is 0 Å². The lowest BCUT2D eigenvalue weighted by Crippen LogP contribution is -2.24. The van der Waals surface area contributed by atoms with Crippen molar-refractivity contribution in [2.45, 2.75) is 26.4 Å². The van der Waals surface area contributed by atoms with Gasteiger partial charge in [0.25, 0.3) is 0 Å². The fourth-order valence-corrected chi connectivity index (χ4v) is 1.86. The van der Waals surface area contributed by atoms with Crippen LogP contribution in [0.1, 0.15) is 31.3 Å². The Morgan fingerprint density at radius 3 is 2.94 bits per heavy atom. The fourth-order valence-electron chi connectivity index (χ4n) is 1.86. The zero-order valence-corrected chi connectivity index (χ0v) is 9.68. The molecule has 0 fully saturated rings. The third-order valence-electron chi connectivity index (χ3n) is 2.58. The predicted octanol–water partition coefficient (Wildman–Crippen LogP) is 2.19. The van der Waals surface area contributed by atoms with Gasteiger partial charge in [-0.1, -0.05) is 6.92 Å². The molecule has 0 aliphatic carbocycles. The van der Waals surface area contributed by atoms with E-state index in [1.54, 1.807) is 6.26 Å². The lowest BCUT2D eigenvalue weighted by molar-refractivity contribution is 0.432. The molecule has 0 bridgehead atoms. The molecule has 2 heterocycles. The van der Waals surface area contributed by atoms with E-state index in [-0.39, 0.29) is 6.04 Å². The van der Waals surface area contributed by atoms with Gasteiger partial charge in [0, 0.05) is 12.7 Å². The molecule has 0 saturated carbocycles. The van der Waals surface area contributed by atoms with E-state index in [4.69, 9.17) is 4.42 Å². The summed E-state index contributed by atoms with van der Waals surface area (Å²) in [6.07, 6.45) is 3.53. The Morgan fingerprint density at radius 1 is 1.44 bits per heavy atom. The molecule has 4 heteroatoms. The number of nitrogens with zero attached hydrogens (tertiary/aromatic N) is 2. The Labute approximate surface area is 95.3 Å². The summed E-state index contributed by atoms with van der Waals surface area (Å²) >= 11 is 0. The monoisotopic (exact) mass is 219 g/mol. The molecule has 2 aromatic heterocycles. The van der Waals surface area contributed by atoms with Crippen LogP contribution in [0, 0.1) is 0 Å². The molecule has 16 heavy (non-hydrogen) atoms. The minimum absolute atomic E-state index is 0.0856. The first-order valence-corrected chi connectivity index (χ1v) is 5.65. The first kappa shape index (κ1) is 11.0. The Morgan fingerprint density at radius 2 is 2.31 bits per heavy atom. The van der Waals surface area contributed by atoms with Crippen LogP contribution < -0.4 is 5.32 Å². The van der Waals surface area contributed by atoms with Crippen molar-refractivity contribution in [1.29, 1.82) is 0 Å². The van der Waals surface area contributed by atoms with Gasteiger partial charge in [-0.25, -0.2) is 0 Å². The maximum atomic E-state index is 5.47. The second-order valence-corrected chi connectivity index (χ2v) is 3.58. The molecule has 1 atom stereocenters. The van der Waals surface area contributed by atoms with Crippen molar-refractivity contribution < 1.29 is 4.42 Å². The van der Waals surface area contributed by atoms with Crippen molar-refractivity contribution in [3.8, 4) is 0 Å². The summed E-state index contributed by atoms with van der Waals surface area (Å²) in [6, 6.07) is 6.01. The average Bonchev–Trinajstić information content (AvgIpc) is 2.96. The van der Waals surface area contributed by atoms with Gasteiger partial charge in [0.15, 0.2) is 0 Å². The number of rotatable bonds is 5. The number of aromatic nitrogens is 2. The minimum Gasteiger partial charge on any atom is -0.467 e. The summed E-state index contributed by atoms with van der Waals surface area (Å²) in [5, 5.41) is 7.69. The van der Waals surface area contributed by atoms with Crippen molar-refractivity contribution in [1.82, 2.24) is 15.1 Å². The van der Waals surface area contributed by atoms with Crippen LogP contribution in [0.5, 0.6) is 0 Å². The van der Waals surface area contributed by atoms with Crippen LogP contribution in [0.15, 0.2) is 35.1 Å². The maximum Gasteiger partial charge on any atom is 0.126 e. The van der Waals surface area contributed by atoms with Gasteiger partial charge in [0.1, 0.15) is 11.8 Å². The molecule has 0 amide bonds. The van der Waals surface area contributed by atoms with E-state index in [1.807, 2.05) is 29.1 Å². The Bertz CT molecular complexity index is 419. The summed E-state index contributed by atoms with van der Waals surface area (Å²) in [7, 11) is 0. The Balaban J connectivity index is 2.33. The quantitative estimate of drug-likeness (QED) is 0.838. The topological polar surface area (TPSA) is 43.0 Å². The molecule has 2 rings (SSSR count). The largest absolute Gasteiger partial charge is 0.467 e. The first-order valence-electron chi connectivity index (χ1n) is 5.65. The zero-order chi connectivity index (χ0) is 11.4. The summed E-state index contributed by atoms with van der Waals surface area (Å²) in [5.41, 5.74) is 1.14. The van der Waals surface area contributed by atoms with Crippen molar-refractivity contribution in [2.75, 3.05) is 6.54 Å². The van der Waals surface area contributed by atoms with Gasteiger partial charge in [-0.05, 0) is 31.7 Å². The van der Waals surface area contributed by atoms with Gasteiger partial charge in [0.05, 0.1) is 12.0 Å². The summed E-state index contributed by atoms with van der Waals surface area (Å²) in [6.45, 7) is 5.93. The van der Waals surface area contributed by atoms with Gasteiger partial charge in [-0.2, -0.15) is 5.10 Å². The van der Waals surface area contributed by atoms with Crippen LogP contribution in [0.25, 0.3) is 0 Å². The third-order valence-corrected chi connectivity index (χ3v) is 2.58. The van der Waals surface area contributed by atoms with Crippen LogP contribution in [0.2, 0.25) is 0 Å². The van der Waals surface area contributed by atoms with Crippen LogP contribution in [0.3, 0.4) is 0 Å². The zero-order valence-electron chi connectivity index (χ0n) is 9.68. The number of aryl methyl sites for hydroxylation is 1. The van der Waals surface area contributed by atoms with E-state index in [9.17, 15) is 0 Å². The van der Waals surface area contributed by atoms with Crippen LogP contribution in [-0.2, 0) is 6.54 Å². The van der Waals surface area contributed by atoms with E-state index >= 15 is 0 Å². The molecule has 2 aromatic rings. The molecule has 0 spiro atoms. The van der Waals surface area contributed by atoms with E-state index in [0.717, 1.165) is 24.5 Å². The predicted molar refractivity (Wildman–Crippen MR) is 62.1 cm³/mol. The fraction of sp³-hybridized carbons (Fsp3) is 0.417. The van der Waals surface area contributed by atoms with Crippen LogP contribution >= 0.6 is 0 Å². The highest BCUT2D eigenvalue weighted by atomic mass is 16.3. The van der Waals surface area contributed by atoms with E-state index < -0.39 is 0 Å². The lowest BCUT2D eigenvalue weighted by Gasteiger charge is -2.16. The number of furan rings is 1. The molecule has 1 unspecified atom stereocenters. The van der Waals surface area contributed by atoms with Gasteiger partial charge in [0.2, 0.25) is 0 Å². The first-order chi connectivity index (χ1) is 7.86. The van der Waals surface area contributed by atoms with E-state index in [2.05, 4.69) is 24.3 Å². The summed E-state index contributed by atoms with van der Waals surface area (Å²) in [4.78, 5) is 0. The van der Waals surface area contributed by atoms with Crippen molar-refractivity contribution in [3.05, 3.63) is 42.1 Å². The highest BCUT2D eigenvalue weighted by Gasteiger charge is 2.18. The number of hydrogen-bond acceptors (Lipinski definition) is 3. The normalized spacial score (nSPS) is 12.9. The Hall–Kier alpha value is -1.55.